The van der Waals surface area contributed by atoms with Gasteiger partial charge in [0.2, 0.25) is 0 Å². The molecular formula is C9H10N4OS. The molecule has 1 atom stereocenters. The maximum Gasteiger partial charge on any atom is 0.343 e. The quantitative estimate of drug-likeness (QED) is 0.698. The number of aromatic nitrogens is 4. The van der Waals surface area contributed by atoms with Gasteiger partial charge >= 0.3 is 5.16 Å². The van der Waals surface area contributed by atoms with E-state index in [0.717, 1.165) is 5.56 Å². The highest BCUT2D eigenvalue weighted by Gasteiger charge is 2.17. The minimum Gasteiger partial charge on any atom is -0.609 e. The van der Waals surface area contributed by atoms with Crippen molar-refractivity contribution in [1.29, 1.82) is 0 Å². The van der Waals surface area contributed by atoms with Gasteiger partial charge in [-0.3, -0.25) is 9.55 Å². The molecule has 6 heteroatoms. The summed E-state index contributed by atoms with van der Waals surface area (Å²) >= 11 is -1.12. The van der Waals surface area contributed by atoms with E-state index in [9.17, 15) is 4.55 Å². The molecule has 0 aliphatic heterocycles. The lowest BCUT2D eigenvalue weighted by atomic mass is 10.3. The molecule has 0 saturated heterocycles. The standard InChI is InChI=1S/C9H10N4OS/c1-13-8(7-4-3-5-10-6-7)11-12-9(13)15(2)14/h3-6H,1-2H3. The van der Waals surface area contributed by atoms with Crippen molar-refractivity contribution in [3.63, 3.8) is 0 Å². The predicted molar refractivity (Wildman–Crippen MR) is 56.6 cm³/mol. The number of pyridine rings is 1. The lowest BCUT2D eigenvalue weighted by Crippen LogP contribution is -2.06. The van der Waals surface area contributed by atoms with E-state index < -0.39 is 11.2 Å². The molecule has 2 rings (SSSR count). The smallest absolute Gasteiger partial charge is 0.343 e. The second-order valence-electron chi connectivity index (χ2n) is 3.06. The Bertz CT molecular complexity index is 454. The van der Waals surface area contributed by atoms with Crippen molar-refractivity contribution in [2.45, 2.75) is 5.16 Å². The van der Waals surface area contributed by atoms with Crippen molar-refractivity contribution in [3.8, 4) is 11.4 Å². The molecule has 0 N–H and O–H groups in total. The van der Waals surface area contributed by atoms with E-state index in [1.165, 1.54) is 0 Å². The van der Waals surface area contributed by atoms with Gasteiger partial charge < -0.3 is 4.55 Å². The average Bonchev–Trinajstić information content (AvgIpc) is 2.61. The van der Waals surface area contributed by atoms with Crippen LogP contribution in [0.3, 0.4) is 0 Å². The lowest BCUT2D eigenvalue weighted by molar-refractivity contribution is 0.583. The van der Waals surface area contributed by atoms with Gasteiger partial charge in [0.15, 0.2) is 5.82 Å². The number of rotatable bonds is 2. The SMILES string of the molecule is Cn1c(-c2cccnc2)nnc1[S+](C)[O-]. The van der Waals surface area contributed by atoms with E-state index in [1.807, 2.05) is 12.1 Å². The number of hydrogen-bond acceptors (Lipinski definition) is 4. The third-order valence-electron chi connectivity index (χ3n) is 2.01. The molecule has 1 unspecified atom stereocenters. The third kappa shape index (κ3) is 1.86. The fourth-order valence-corrected chi connectivity index (χ4v) is 1.94. The molecule has 0 spiro atoms. The van der Waals surface area contributed by atoms with Gasteiger partial charge in [-0.05, 0) is 12.1 Å². The molecule has 0 bridgehead atoms. The molecule has 2 aromatic rings. The average molecular weight is 222 g/mol. The second kappa shape index (κ2) is 4.00. The number of nitrogens with zero attached hydrogens (tertiary/aromatic N) is 4. The van der Waals surface area contributed by atoms with Gasteiger partial charge in [-0.2, -0.15) is 0 Å². The van der Waals surface area contributed by atoms with Gasteiger partial charge in [-0.1, -0.05) is 5.10 Å². The van der Waals surface area contributed by atoms with Gasteiger partial charge in [0.05, 0.1) is 0 Å². The van der Waals surface area contributed by atoms with E-state index in [2.05, 4.69) is 15.2 Å². The zero-order valence-corrected chi connectivity index (χ0v) is 9.23. The first-order chi connectivity index (χ1) is 7.20. The van der Waals surface area contributed by atoms with E-state index in [4.69, 9.17) is 0 Å². The van der Waals surface area contributed by atoms with Gasteiger partial charge in [-0.15, -0.1) is 5.10 Å². The highest BCUT2D eigenvalue weighted by atomic mass is 32.2. The minimum atomic E-state index is -1.12. The van der Waals surface area contributed by atoms with Crippen LogP contribution in [0.5, 0.6) is 0 Å². The summed E-state index contributed by atoms with van der Waals surface area (Å²) in [5.74, 6) is 0.674. The lowest BCUT2D eigenvalue weighted by Gasteiger charge is -2.03. The van der Waals surface area contributed by atoms with E-state index >= 15 is 0 Å². The topological polar surface area (TPSA) is 66.7 Å². The van der Waals surface area contributed by atoms with Crippen LogP contribution in [-0.2, 0) is 18.2 Å². The maximum atomic E-state index is 11.3. The van der Waals surface area contributed by atoms with Gasteiger partial charge in [0, 0.05) is 36.2 Å². The Morgan fingerprint density at radius 3 is 2.73 bits per heavy atom. The molecule has 78 valence electrons. The summed E-state index contributed by atoms with van der Waals surface area (Å²) < 4.78 is 13.0. The van der Waals surface area contributed by atoms with Crippen LogP contribution in [0, 0.1) is 0 Å². The van der Waals surface area contributed by atoms with Gasteiger partial charge in [-0.25, -0.2) is 0 Å². The van der Waals surface area contributed by atoms with E-state index in [-0.39, 0.29) is 0 Å². The van der Waals surface area contributed by atoms with E-state index in [0.29, 0.717) is 11.0 Å². The van der Waals surface area contributed by atoms with Crippen LogP contribution >= 0.6 is 0 Å². The molecular weight excluding hydrogens is 212 g/mol. The second-order valence-corrected chi connectivity index (χ2v) is 4.33. The van der Waals surface area contributed by atoms with Crippen LogP contribution in [0.1, 0.15) is 0 Å². The highest BCUT2D eigenvalue weighted by Crippen LogP contribution is 2.17. The molecule has 0 aromatic carbocycles. The van der Waals surface area contributed by atoms with Crippen molar-refractivity contribution in [1.82, 2.24) is 19.7 Å². The summed E-state index contributed by atoms with van der Waals surface area (Å²) in [5.41, 5.74) is 0.865. The number of hydrogen-bond donors (Lipinski definition) is 0. The zero-order chi connectivity index (χ0) is 10.8. The van der Waals surface area contributed by atoms with Crippen LogP contribution in [-0.4, -0.2) is 30.6 Å². The van der Waals surface area contributed by atoms with Crippen molar-refractivity contribution in [2.24, 2.45) is 7.05 Å². The summed E-state index contributed by atoms with van der Waals surface area (Å²) in [6, 6.07) is 3.71. The normalized spacial score (nSPS) is 12.7. The molecule has 15 heavy (non-hydrogen) atoms. The monoisotopic (exact) mass is 222 g/mol. The van der Waals surface area contributed by atoms with Crippen LogP contribution in [0.25, 0.3) is 11.4 Å². The van der Waals surface area contributed by atoms with Crippen LogP contribution in [0.2, 0.25) is 0 Å². The van der Waals surface area contributed by atoms with Crippen molar-refractivity contribution in [2.75, 3.05) is 6.26 Å². The van der Waals surface area contributed by atoms with Crippen molar-refractivity contribution >= 4 is 11.2 Å². The fourth-order valence-electron chi connectivity index (χ4n) is 1.31. The minimum absolute atomic E-state index is 0.467. The van der Waals surface area contributed by atoms with Crippen molar-refractivity contribution < 1.29 is 4.55 Å². The molecule has 5 nitrogen and oxygen atoms in total. The van der Waals surface area contributed by atoms with Crippen molar-refractivity contribution in [3.05, 3.63) is 24.5 Å². The molecule has 0 amide bonds. The highest BCUT2D eigenvalue weighted by molar-refractivity contribution is 7.90. The summed E-state index contributed by atoms with van der Waals surface area (Å²) in [5, 5.41) is 8.33. The summed E-state index contributed by atoms with van der Waals surface area (Å²) in [4.78, 5) is 4.00. The van der Waals surface area contributed by atoms with E-state index in [1.54, 1.807) is 30.3 Å². The Morgan fingerprint density at radius 1 is 1.40 bits per heavy atom. The Labute approximate surface area is 90.4 Å². The first kappa shape index (κ1) is 10.1. The molecule has 0 aliphatic rings. The molecule has 0 saturated carbocycles. The Morgan fingerprint density at radius 2 is 2.20 bits per heavy atom. The molecule has 2 aromatic heterocycles. The largest absolute Gasteiger partial charge is 0.609 e. The molecule has 2 heterocycles. The summed E-state index contributed by atoms with van der Waals surface area (Å²) in [6.07, 6.45) is 4.97. The maximum absolute atomic E-state index is 11.3. The van der Waals surface area contributed by atoms with Gasteiger partial charge in [0.1, 0.15) is 6.26 Å². The van der Waals surface area contributed by atoms with Gasteiger partial charge in [0.25, 0.3) is 0 Å². The van der Waals surface area contributed by atoms with Crippen LogP contribution in [0.15, 0.2) is 29.7 Å². The molecule has 0 fully saturated rings. The first-order valence-corrected chi connectivity index (χ1v) is 5.89. The Hall–Kier alpha value is -1.40. The third-order valence-corrected chi connectivity index (χ3v) is 2.88. The Balaban J connectivity index is 2.47. The first-order valence-electron chi connectivity index (χ1n) is 4.33. The van der Waals surface area contributed by atoms with Crippen LogP contribution < -0.4 is 0 Å². The zero-order valence-electron chi connectivity index (χ0n) is 8.41. The molecule has 0 radical (unpaired) electrons. The van der Waals surface area contributed by atoms with Crippen LogP contribution in [0.4, 0.5) is 0 Å². The fraction of sp³-hybridized carbons (Fsp3) is 0.222. The summed E-state index contributed by atoms with van der Waals surface area (Å²) in [7, 11) is 1.79. The predicted octanol–water partition coefficient (Wildman–Crippen LogP) is 0.614. The summed E-state index contributed by atoms with van der Waals surface area (Å²) in [6.45, 7) is 0. The molecule has 0 aliphatic carbocycles. The Kier molecular flexibility index (Phi) is 2.70.